The first-order chi connectivity index (χ1) is 9.22. The quantitative estimate of drug-likeness (QED) is 0.623. The van der Waals surface area contributed by atoms with E-state index in [0.29, 0.717) is 11.6 Å². The second-order valence-corrected chi connectivity index (χ2v) is 5.32. The Balaban J connectivity index is 1.94. The largest absolute Gasteiger partial charge is 0.401 e. The molecule has 0 N–H and O–H groups in total. The molecule has 5 heteroatoms. The predicted molar refractivity (Wildman–Crippen MR) is 73.9 cm³/mol. The molecule has 0 aromatic carbocycles. The van der Waals surface area contributed by atoms with Crippen LogP contribution in [0.1, 0.15) is 15.3 Å². The molecule has 3 heterocycles. The smallest absolute Gasteiger partial charge is 0.363 e. The number of aryl methyl sites for hydroxylation is 1. The first-order valence-corrected chi connectivity index (χ1v) is 6.53. The summed E-state index contributed by atoms with van der Waals surface area (Å²) in [6, 6.07) is 7.54. The number of carbonyl (C=O) groups excluding carboxylic acids is 1. The molecule has 0 spiro atoms. The molecule has 4 nitrogen and oxygen atoms in total. The average molecular weight is 270 g/mol. The number of cyclic esters (lactones) is 1. The first-order valence-electron chi connectivity index (χ1n) is 5.72. The number of pyridine rings is 1. The zero-order valence-corrected chi connectivity index (χ0v) is 11.0. The van der Waals surface area contributed by atoms with Gasteiger partial charge in [0.25, 0.3) is 0 Å². The zero-order valence-electron chi connectivity index (χ0n) is 10.2. The lowest BCUT2D eigenvalue weighted by molar-refractivity contribution is -0.129. The van der Waals surface area contributed by atoms with Gasteiger partial charge in [0.1, 0.15) is 0 Å². The lowest BCUT2D eigenvalue weighted by Gasteiger charge is -1.93. The Morgan fingerprint density at radius 3 is 2.89 bits per heavy atom. The van der Waals surface area contributed by atoms with Gasteiger partial charge in [0, 0.05) is 17.3 Å². The van der Waals surface area contributed by atoms with Gasteiger partial charge >= 0.3 is 5.97 Å². The van der Waals surface area contributed by atoms with Crippen LogP contribution in [0.4, 0.5) is 0 Å². The molecule has 94 valence electrons. The molecule has 19 heavy (non-hydrogen) atoms. The van der Waals surface area contributed by atoms with Crippen molar-refractivity contribution in [3.63, 3.8) is 0 Å². The number of thiophene rings is 1. The predicted octanol–water partition coefficient (Wildman–Crippen LogP) is 2.80. The van der Waals surface area contributed by atoms with Crippen molar-refractivity contribution in [2.75, 3.05) is 0 Å². The number of esters is 1. The molecule has 0 radical (unpaired) electrons. The summed E-state index contributed by atoms with van der Waals surface area (Å²) in [6.45, 7) is 2.00. The third kappa shape index (κ3) is 2.46. The Morgan fingerprint density at radius 2 is 2.21 bits per heavy atom. The Morgan fingerprint density at radius 1 is 1.32 bits per heavy atom. The fourth-order valence-corrected chi connectivity index (χ4v) is 2.48. The molecule has 0 atom stereocenters. The number of aliphatic imine (C=N–C) groups is 1. The SMILES string of the molecule is Cc1ccc(C2=NC(=Cc3cccnc3)C(=O)O2)s1. The van der Waals surface area contributed by atoms with E-state index in [-0.39, 0.29) is 0 Å². The van der Waals surface area contributed by atoms with Gasteiger partial charge in [0.05, 0.1) is 4.88 Å². The number of hydrogen-bond acceptors (Lipinski definition) is 5. The van der Waals surface area contributed by atoms with Crippen LogP contribution < -0.4 is 0 Å². The zero-order chi connectivity index (χ0) is 13.2. The molecule has 3 rings (SSSR count). The van der Waals surface area contributed by atoms with Crippen LogP contribution in [0.2, 0.25) is 0 Å². The van der Waals surface area contributed by atoms with Crippen molar-refractivity contribution in [3.05, 3.63) is 57.7 Å². The molecule has 2 aromatic rings. The third-order valence-electron chi connectivity index (χ3n) is 2.56. The molecule has 1 aliphatic rings. The van der Waals surface area contributed by atoms with Crippen LogP contribution in [-0.4, -0.2) is 16.9 Å². The lowest BCUT2D eigenvalue weighted by atomic mass is 10.2. The van der Waals surface area contributed by atoms with E-state index in [1.165, 1.54) is 0 Å². The van der Waals surface area contributed by atoms with Gasteiger partial charge in [-0.25, -0.2) is 9.79 Å². The summed E-state index contributed by atoms with van der Waals surface area (Å²) in [5, 5.41) is 0. The van der Waals surface area contributed by atoms with Gasteiger partial charge in [-0.2, -0.15) is 0 Å². The van der Waals surface area contributed by atoms with Crippen LogP contribution in [0.3, 0.4) is 0 Å². The summed E-state index contributed by atoms with van der Waals surface area (Å²) < 4.78 is 5.18. The average Bonchev–Trinajstić information content (AvgIpc) is 2.98. The normalized spacial score (nSPS) is 16.6. The summed E-state index contributed by atoms with van der Waals surface area (Å²) in [5.41, 5.74) is 1.12. The van der Waals surface area contributed by atoms with E-state index in [1.807, 2.05) is 25.1 Å². The second-order valence-electron chi connectivity index (χ2n) is 4.03. The molecule has 2 aromatic heterocycles. The van der Waals surface area contributed by atoms with Crippen LogP contribution in [0.25, 0.3) is 6.08 Å². The first kappa shape index (κ1) is 11.8. The lowest BCUT2D eigenvalue weighted by Crippen LogP contribution is -2.03. The summed E-state index contributed by atoms with van der Waals surface area (Å²) >= 11 is 1.55. The fraction of sp³-hybridized carbons (Fsp3) is 0.0714. The summed E-state index contributed by atoms with van der Waals surface area (Å²) in [5.74, 6) is -0.0526. The number of hydrogen-bond donors (Lipinski definition) is 0. The molecule has 0 amide bonds. The number of rotatable bonds is 2. The molecule has 0 aliphatic carbocycles. The summed E-state index contributed by atoms with van der Waals surface area (Å²) in [4.78, 5) is 22.0. The van der Waals surface area contributed by atoms with Crippen molar-refractivity contribution in [2.45, 2.75) is 6.92 Å². The minimum atomic E-state index is -0.426. The highest BCUT2D eigenvalue weighted by molar-refractivity contribution is 7.14. The van der Waals surface area contributed by atoms with E-state index in [0.717, 1.165) is 15.3 Å². The topological polar surface area (TPSA) is 51.5 Å². The van der Waals surface area contributed by atoms with E-state index in [1.54, 1.807) is 35.9 Å². The van der Waals surface area contributed by atoms with Gasteiger partial charge in [-0.15, -0.1) is 11.3 Å². The molecule has 1 aliphatic heterocycles. The van der Waals surface area contributed by atoms with Crippen LogP contribution in [0.15, 0.2) is 47.3 Å². The highest BCUT2D eigenvalue weighted by Crippen LogP contribution is 2.23. The maximum atomic E-state index is 11.7. The number of carbonyl (C=O) groups is 1. The van der Waals surface area contributed by atoms with Crippen molar-refractivity contribution < 1.29 is 9.53 Å². The summed E-state index contributed by atoms with van der Waals surface area (Å²) in [6.07, 6.45) is 5.02. The van der Waals surface area contributed by atoms with Gasteiger partial charge in [-0.05, 0) is 36.8 Å². The molecule has 0 fully saturated rings. The molecular formula is C14H10N2O2S. The number of aromatic nitrogens is 1. The molecule has 0 saturated carbocycles. The van der Waals surface area contributed by atoms with E-state index in [9.17, 15) is 4.79 Å². The molecule has 0 saturated heterocycles. The van der Waals surface area contributed by atoms with E-state index in [2.05, 4.69) is 9.98 Å². The molecule has 0 bridgehead atoms. The standard InChI is InChI=1S/C14H10N2O2S/c1-9-4-5-12(19-9)13-16-11(14(17)18-13)7-10-3-2-6-15-8-10/h2-8H,1H3. The summed E-state index contributed by atoms with van der Waals surface area (Å²) in [7, 11) is 0. The van der Waals surface area contributed by atoms with Gasteiger partial charge in [-0.3, -0.25) is 4.98 Å². The number of nitrogens with zero attached hydrogens (tertiary/aromatic N) is 2. The fourth-order valence-electron chi connectivity index (χ4n) is 1.68. The Labute approximate surface area is 114 Å². The van der Waals surface area contributed by atoms with Crippen molar-refractivity contribution >= 4 is 29.3 Å². The van der Waals surface area contributed by atoms with E-state index >= 15 is 0 Å². The van der Waals surface area contributed by atoms with Crippen molar-refractivity contribution in [2.24, 2.45) is 4.99 Å². The Hall–Kier alpha value is -2.27. The number of ether oxygens (including phenoxy) is 1. The van der Waals surface area contributed by atoms with Crippen LogP contribution in [0, 0.1) is 6.92 Å². The second kappa shape index (κ2) is 4.78. The van der Waals surface area contributed by atoms with Gasteiger partial charge < -0.3 is 4.74 Å². The highest BCUT2D eigenvalue weighted by Gasteiger charge is 2.24. The van der Waals surface area contributed by atoms with Crippen LogP contribution in [0.5, 0.6) is 0 Å². The van der Waals surface area contributed by atoms with E-state index in [4.69, 9.17) is 4.74 Å². The minimum absolute atomic E-state index is 0.300. The Bertz CT molecular complexity index is 686. The van der Waals surface area contributed by atoms with E-state index < -0.39 is 5.97 Å². The van der Waals surface area contributed by atoms with Crippen LogP contribution in [-0.2, 0) is 9.53 Å². The van der Waals surface area contributed by atoms with Gasteiger partial charge in [0.15, 0.2) is 5.70 Å². The monoisotopic (exact) mass is 270 g/mol. The molecular weight excluding hydrogens is 260 g/mol. The van der Waals surface area contributed by atoms with Crippen molar-refractivity contribution in [1.29, 1.82) is 0 Å². The maximum Gasteiger partial charge on any atom is 0.363 e. The minimum Gasteiger partial charge on any atom is -0.401 e. The highest BCUT2D eigenvalue weighted by atomic mass is 32.1. The van der Waals surface area contributed by atoms with Gasteiger partial charge in [-0.1, -0.05) is 6.07 Å². The van der Waals surface area contributed by atoms with Crippen molar-refractivity contribution in [3.8, 4) is 0 Å². The van der Waals surface area contributed by atoms with Crippen LogP contribution >= 0.6 is 11.3 Å². The van der Waals surface area contributed by atoms with Crippen molar-refractivity contribution in [1.82, 2.24) is 4.98 Å². The Kier molecular flexibility index (Phi) is 2.97. The maximum absolute atomic E-state index is 11.7. The van der Waals surface area contributed by atoms with Gasteiger partial charge in [0.2, 0.25) is 5.90 Å². The molecule has 0 unspecified atom stereocenters. The third-order valence-corrected chi connectivity index (χ3v) is 3.55.